The minimum absolute atomic E-state index is 0.263. The second-order valence-electron chi connectivity index (χ2n) is 5.65. The third-order valence-electron chi connectivity index (χ3n) is 3.87. The molecule has 2 aromatic rings. The molecule has 0 saturated heterocycles. The fourth-order valence-electron chi connectivity index (χ4n) is 2.53. The first kappa shape index (κ1) is 17.7. The van der Waals surface area contributed by atoms with Crippen LogP contribution in [0.5, 0.6) is 23.0 Å². The molecule has 0 aromatic heterocycles. The first-order chi connectivity index (χ1) is 12.7. The van der Waals surface area contributed by atoms with Crippen molar-refractivity contribution in [1.29, 1.82) is 0 Å². The van der Waals surface area contributed by atoms with Crippen LogP contribution in [0.1, 0.15) is 12.0 Å². The summed E-state index contributed by atoms with van der Waals surface area (Å²) in [7, 11) is 3.11. The largest absolute Gasteiger partial charge is 0.497 e. The molecule has 0 radical (unpaired) electrons. The molecule has 136 valence electrons. The quantitative estimate of drug-likeness (QED) is 0.832. The molecule has 0 fully saturated rings. The van der Waals surface area contributed by atoms with Crippen LogP contribution in [0, 0.1) is 0 Å². The number of rotatable bonds is 5. The van der Waals surface area contributed by atoms with Crippen molar-refractivity contribution < 1.29 is 23.7 Å². The summed E-state index contributed by atoms with van der Waals surface area (Å²) in [5, 5.41) is 2.79. The van der Waals surface area contributed by atoms with Gasteiger partial charge in [0.05, 0.1) is 33.1 Å². The molecule has 1 heterocycles. The zero-order chi connectivity index (χ0) is 18.4. The zero-order valence-corrected chi connectivity index (χ0v) is 14.8. The lowest BCUT2D eigenvalue weighted by Gasteiger charge is -2.10. The van der Waals surface area contributed by atoms with Crippen LogP contribution in [0.15, 0.2) is 42.5 Å². The van der Waals surface area contributed by atoms with Crippen LogP contribution in [-0.4, -0.2) is 33.3 Å². The molecule has 1 N–H and O–H groups in total. The molecule has 6 heteroatoms. The Morgan fingerprint density at radius 2 is 1.85 bits per heavy atom. The summed E-state index contributed by atoms with van der Waals surface area (Å²) in [6.07, 6.45) is 4.04. The zero-order valence-electron chi connectivity index (χ0n) is 14.8. The topological polar surface area (TPSA) is 66.0 Å². The number of amides is 1. The van der Waals surface area contributed by atoms with Crippen molar-refractivity contribution >= 4 is 17.7 Å². The van der Waals surface area contributed by atoms with Crippen LogP contribution in [0.2, 0.25) is 0 Å². The maximum Gasteiger partial charge on any atom is 0.248 e. The number of anilines is 1. The van der Waals surface area contributed by atoms with Gasteiger partial charge in [-0.05, 0) is 35.9 Å². The Labute approximate surface area is 152 Å². The number of methoxy groups -OCH3 is 2. The third kappa shape index (κ3) is 4.27. The molecule has 0 aliphatic carbocycles. The molecule has 1 aliphatic heterocycles. The average Bonchev–Trinajstić information content (AvgIpc) is 2.91. The Balaban J connectivity index is 1.69. The lowest BCUT2D eigenvalue weighted by atomic mass is 10.2. The van der Waals surface area contributed by atoms with Gasteiger partial charge in [-0.1, -0.05) is 6.07 Å². The van der Waals surface area contributed by atoms with E-state index in [9.17, 15) is 4.79 Å². The molecule has 2 aromatic carbocycles. The molecule has 6 nitrogen and oxygen atoms in total. The predicted octanol–water partition coefficient (Wildman–Crippen LogP) is 3.52. The highest BCUT2D eigenvalue weighted by molar-refractivity contribution is 6.02. The smallest absolute Gasteiger partial charge is 0.248 e. The Morgan fingerprint density at radius 1 is 1.04 bits per heavy atom. The maximum absolute atomic E-state index is 12.2. The summed E-state index contributed by atoms with van der Waals surface area (Å²) in [5.41, 5.74) is 1.42. The van der Waals surface area contributed by atoms with E-state index in [4.69, 9.17) is 18.9 Å². The Bertz CT molecular complexity index is 816. The first-order valence-corrected chi connectivity index (χ1v) is 8.30. The van der Waals surface area contributed by atoms with Gasteiger partial charge in [-0.2, -0.15) is 0 Å². The molecule has 0 unspecified atom stereocenters. The SMILES string of the molecule is COc1ccc(NC(=O)C=Cc2ccc3c(c2)OCCCO3)c(OC)c1. The van der Waals surface area contributed by atoms with E-state index in [0.29, 0.717) is 36.1 Å². The summed E-state index contributed by atoms with van der Waals surface area (Å²) < 4.78 is 21.7. The number of hydrogen-bond donors (Lipinski definition) is 1. The van der Waals surface area contributed by atoms with Gasteiger partial charge < -0.3 is 24.3 Å². The molecule has 3 rings (SSSR count). The van der Waals surface area contributed by atoms with Gasteiger partial charge in [0.15, 0.2) is 11.5 Å². The summed E-state index contributed by atoms with van der Waals surface area (Å²) in [4.78, 5) is 12.2. The maximum atomic E-state index is 12.2. The average molecular weight is 355 g/mol. The highest BCUT2D eigenvalue weighted by Crippen LogP contribution is 2.31. The van der Waals surface area contributed by atoms with E-state index in [1.807, 2.05) is 18.2 Å². The van der Waals surface area contributed by atoms with Crippen LogP contribution in [0.3, 0.4) is 0 Å². The number of hydrogen-bond acceptors (Lipinski definition) is 5. The Kier molecular flexibility index (Phi) is 5.63. The van der Waals surface area contributed by atoms with Crippen LogP contribution >= 0.6 is 0 Å². The van der Waals surface area contributed by atoms with Gasteiger partial charge in [0.1, 0.15) is 11.5 Å². The number of carbonyl (C=O) groups excluding carboxylic acids is 1. The highest BCUT2D eigenvalue weighted by Gasteiger charge is 2.10. The van der Waals surface area contributed by atoms with Gasteiger partial charge in [0.2, 0.25) is 5.91 Å². The molecule has 0 spiro atoms. The van der Waals surface area contributed by atoms with Crippen molar-refractivity contribution in [1.82, 2.24) is 0 Å². The molecule has 1 aliphatic rings. The summed E-state index contributed by atoms with van der Waals surface area (Å²) in [5.74, 6) is 2.35. The minimum Gasteiger partial charge on any atom is -0.497 e. The van der Waals surface area contributed by atoms with Crippen molar-refractivity contribution in [2.75, 3.05) is 32.8 Å². The normalized spacial score (nSPS) is 13.2. The van der Waals surface area contributed by atoms with Gasteiger partial charge in [-0.15, -0.1) is 0 Å². The minimum atomic E-state index is -0.263. The van der Waals surface area contributed by atoms with E-state index >= 15 is 0 Å². The van der Waals surface area contributed by atoms with Crippen LogP contribution in [0.4, 0.5) is 5.69 Å². The van der Waals surface area contributed by atoms with E-state index < -0.39 is 0 Å². The van der Waals surface area contributed by atoms with Gasteiger partial charge in [0, 0.05) is 18.6 Å². The second-order valence-corrected chi connectivity index (χ2v) is 5.65. The van der Waals surface area contributed by atoms with Gasteiger partial charge in [-0.25, -0.2) is 0 Å². The van der Waals surface area contributed by atoms with E-state index in [0.717, 1.165) is 17.7 Å². The van der Waals surface area contributed by atoms with E-state index in [1.165, 1.54) is 13.2 Å². The molecule has 26 heavy (non-hydrogen) atoms. The molecule has 0 atom stereocenters. The van der Waals surface area contributed by atoms with Crippen LogP contribution in [-0.2, 0) is 4.79 Å². The molecule has 0 bridgehead atoms. The van der Waals surface area contributed by atoms with Crippen molar-refractivity contribution in [3.05, 3.63) is 48.0 Å². The highest BCUT2D eigenvalue weighted by atomic mass is 16.5. The predicted molar refractivity (Wildman–Crippen MR) is 99.3 cm³/mol. The molecular formula is C20H21NO5. The Hall–Kier alpha value is -3.15. The molecule has 0 saturated carbocycles. The lowest BCUT2D eigenvalue weighted by molar-refractivity contribution is -0.111. The lowest BCUT2D eigenvalue weighted by Crippen LogP contribution is -2.09. The number of benzene rings is 2. The van der Waals surface area contributed by atoms with Gasteiger partial charge >= 0.3 is 0 Å². The number of carbonyl (C=O) groups is 1. The first-order valence-electron chi connectivity index (χ1n) is 8.30. The third-order valence-corrected chi connectivity index (χ3v) is 3.87. The standard InChI is InChI=1S/C20H21NO5/c1-23-15-6-7-16(18(13-15)24-2)21-20(22)9-5-14-4-8-17-19(12-14)26-11-3-10-25-17/h4-9,12-13H,3,10-11H2,1-2H3,(H,21,22). The van der Waals surface area contributed by atoms with Crippen molar-refractivity contribution in [2.24, 2.45) is 0 Å². The van der Waals surface area contributed by atoms with Crippen molar-refractivity contribution in [2.45, 2.75) is 6.42 Å². The fourth-order valence-corrected chi connectivity index (χ4v) is 2.53. The van der Waals surface area contributed by atoms with Crippen LogP contribution in [0.25, 0.3) is 6.08 Å². The second kappa shape index (κ2) is 8.29. The monoisotopic (exact) mass is 355 g/mol. The van der Waals surface area contributed by atoms with E-state index in [2.05, 4.69) is 5.32 Å². The number of fused-ring (bicyclic) bond motifs is 1. The van der Waals surface area contributed by atoms with E-state index in [-0.39, 0.29) is 5.91 Å². The number of nitrogens with one attached hydrogen (secondary N) is 1. The van der Waals surface area contributed by atoms with Crippen molar-refractivity contribution in [3.8, 4) is 23.0 Å². The summed E-state index contributed by atoms with van der Waals surface area (Å²) in [6, 6.07) is 10.8. The van der Waals surface area contributed by atoms with Crippen molar-refractivity contribution in [3.63, 3.8) is 0 Å². The Morgan fingerprint density at radius 3 is 2.62 bits per heavy atom. The van der Waals surface area contributed by atoms with Crippen LogP contribution < -0.4 is 24.3 Å². The molecule has 1 amide bonds. The van der Waals surface area contributed by atoms with Gasteiger partial charge in [-0.3, -0.25) is 4.79 Å². The van der Waals surface area contributed by atoms with Gasteiger partial charge in [0.25, 0.3) is 0 Å². The fraction of sp³-hybridized carbons (Fsp3) is 0.250. The van der Waals surface area contributed by atoms with E-state index in [1.54, 1.807) is 31.4 Å². The summed E-state index contributed by atoms with van der Waals surface area (Å²) >= 11 is 0. The molecular weight excluding hydrogens is 334 g/mol. The number of ether oxygens (including phenoxy) is 4. The summed E-state index contributed by atoms with van der Waals surface area (Å²) in [6.45, 7) is 1.27.